The molecule has 1 unspecified atom stereocenters. The highest BCUT2D eigenvalue weighted by atomic mass is 32.2. The summed E-state index contributed by atoms with van der Waals surface area (Å²) in [6.07, 6.45) is 1.04. The third-order valence-electron chi connectivity index (χ3n) is 2.77. The van der Waals surface area contributed by atoms with Gasteiger partial charge in [0.1, 0.15) is 5.25 Å². The first-order valence-corrected chi connectivity index (χ1v) is 8.04. The van der Waals surface area contributed by atoms with Crippen molar-refractivity contribution in [3.63, 3.8) is 0 Å². The maximum Gasteiger partial charge on any atom is 0.238 e. The largest absolute Gasteiger partial charge is 0.351 e. The van der Waals surface area contributed by atoms with Crippen LogP contribution in [0, 0.1) is 11.8 Å². The molecule has 0 radical (unpaired) electrons. The molecule has 6 heteroatoms. The van der Waals surface area contributed by atoms with E-state index in [1.807, 2.05) is 24.3 Å². The lowest BCUT2D eigenvalue weighted by atomic mass is 10.1. The Morgan fingerprint density at radius 2 is 1.95 bits per heavy atom. The predicted octanol–water partition coefficient (Wildman–Crippen LogP) is 0.0461. The van der Waals surface area contributed by atoms with Crippen LogP contribution in [0.3, 0.4) is 0 Å². The molecule has 20 heavy (non-hydrogen) atoms. The first-order chi connectivity index (χ1) is 9.34. The molecule has 0 aromatic heterocycles. The van der Waals surface area contributed by atoms with Crippen LogP contribution in [-0.4, -0.2) is 32.4 Å². The van der Waals surface area contributed by atoms with Crippen molar-refractivity contribution in [2.75, 3.05) is 12.8 Å². The average Bonchev–Trinajstić information content (AvgIpc) is 2.41. The zero-order valence-electron chi connectivity index (χ0n) is 11.5. The SMILES string of the molecule is CC(C(=O)NCc1ccc(C#CCN)cc1)S(C)(=O)=O. The molecule has 1 atom stereocenters. The molecule has 0 saturated carbocycles. The molecular formula is C14H18N2O3S. The number of sulfone groups is 1. The third kappa shape index (κ3) is 5.03. The van der Waals surface area contributed by atoms with Crippen LogP contribution in [0.15, 0.2) is 24.3 Å². The zero-order chi connectivity index (χ0) is 15.2. The Morgan fingerprint density at radius 3 is 2.45 bits per heavy atom. The van der Waals surface area contributed by atoms with E-state index in [9.17, 15) is 13.2 Å². The van der Waals surface area contributed by atoms with E-state index < -0.39 is 21.0 Å². The van der Waals surface area contributed by atoms with Gasteiger partial charge in [-0.2, -0.15) is 0 Å². The average molecular weight is 294 g/mol. The lowest BCUT2D eigenvalue weighted by molar-refractivity contribution is -0.120. The maximum absolute atomic E-state index is 11.6. The van der Waals surface area contributed by atoms with Crippen molar-refractivity contribution in [3.05, 3.63) is 35.4 Å². The Labute approximate surface area is 119 Å². The first kappa shape index (κ1) is 16.2. The summed E-state index contributed by atoms with van der Waals surface area (Å²) in [5, 5.41) is 1.55. The lowest BCUT2D eigenvalue weighted by Gasteiger charge is -2.10. The number of benzene rings is 1. The topological polar surface area (TPSA) is 89.3 Å². The van der Waals surface area contributed by atoms with Gasteiger partial charge in [0, 0.05) is 18.4 Å². The Balaban J connectivity index is 2.60. The van der Waals surface area contributed by atoms with E-state index in [-0.39, 0.29) is 6.54 Å². The molecule has 0 bridgehead atoms. The van der Waals surface area contributed by atoms with E-state index in [0.29, 0.717) is 6.54 Å². The summed E-state index contributed by atoms with van der Waals surface area (Å²) in [6.45, 7) is 1.96. The van der Waals surface area contributed by atoms with Crippen LogP contribution in [0.1, 0.15) is 18.1 Å². The number of carbonyl (C=O) groups excluding carboxylic acids is 1. The van der Waals surface area contributed by atoms with Gasteiger partial charge in [-0.15, -0.1) is 0 Å². The summed E-state index contributed by atoms with van der Waals surface area (Å²) < 4.78 is 22.5. The minimum atomic E-state index is -3.37. The van der Waals surface area contributed by atoms with Gasteiger partial charge in [-0.25, -0.2) is 8.42 Å². The normalized spacial score (nSPS) is 12.2. The van der Waals surface area contributed by atoms with Crippen molar-refractivity contribution in [3.8, 4) is 11.8 Å². The number of amides is 1. The first-order valence-electron chi connectivity index (χ1n) is 6.09. The summed E-state index contributed by atoms with van der Waals surface area (Å²) >= 11 is 0. The molecule has 0 aliphatic heterocycles. The van der Waals surface area contributed by atoms with Crippen molar-refractivity contribution in [2.24, 2.45) is 5.73 Å². The summed E-state index contributed by atoms with van der Waals surface area (Å²) in [7, 11) is -3.37. The lowest BCUT2D eigenvalue weighted by Crippen LogP contribution is -2.36. The van der Waals surface area contributed by atoms with Crippen LogP contribution in [0.4, 0.5) is 0 Å². The highest BCUT2D eigenvalue weighted by Gasteiger charge is 2.22. The van der Waals surface area contributed by atoms with Gasteiger partial charge in [0.15, 0.2) is 9.84 Å². The van der Waals surface area contributed by atoms with Crippen LogP contribution in [0.2, 0.25) is 0 Å². The molecule has 0 aliphatic carbocycles. The number of rotatable bonds is 4. The molecule has 0 aliphatic rings. The summed E-state index contributed by atoms with van der Waals surface area (Å²) in [5.41, 5.74) is 7.00. The molecule has 1 amide bonds. The highest BCUT2D eigenvalue weighted by Crippen LogP contribution is 2.04. The van der Waals surface area contributed by atoms with Gasteiger partial charge < -0.3 is 11.1 Å². The number of nitrogens with one attached hydrogen (secondary N) is 1. The molecule has 1 rings (SSSR count). The van der Waals surface area contributed by atoms with Gasteiger partial charge in [0.25, 0.3) is 0 Å². The Kier molecular flexibility index (Phi) is 5.74. The van der Waals surface area contributed by atoms with Crippen molar-refractivity contribution in [2.45, 2.75) is 18.7 Å². The highest BCUT2D eigenvalue weighted by molar-refractivity contribution is 7.92. The van der Waals surface area contributed by atoms with Crippen molar-refractivity contribution in [1.82, 2.24) is 5.32 Å². The van der Waals surface area contributed by atoms with Gasteiger partial charge in [-0.1, -0.05) is 24.0 Å². The number of hydrogen-bond acceptors (Lipinski definition) is 4. The van der Waals surface area contributed by atoms with Crippen LogP contribution >= 0.6 is 0 Å². The fraction of sp³-hybridized carbons (Fsp3) is 0.357. The fourth-order valence-electron chi connectivity index (χ4n) is 1.39. The summed E-state index contributed by atoms with van der Waals surface area (Å²) in [4.78, 5) is 11.6. The van der Waals surface area contributed by atoms with Crippen molar-refractivity contribution < 1.29 is 13.2 Å². The Bertz CT molecular complexity index is 625. The predicted molar refractivity (Wildman–Crippen MR) is 78.5 cm³/mol. The van der Waals surface area contributed by atoms with Crippen LogP contribution in [0.25, 0.3) is 0 Å². The standard InChI is InChI=1S/C14H18N2O3S/c1-11(20(2,18)19)14(17)16-10-13-7-5-12(6-8-13)4-3-9-15/h5-8,11H,9-10,15H2,1-2H3,(H,16,17). The maximum atomic E-state index is 11.6. The van der Waals surface area contributed by atoms with E-state index in [1.54, 1.807) is 0 Å². The van der Waals surface area contributed by atoms with E-state index in [4.69, 9.17) is 5.73 Å². The minimum Gasteiger partial charge on any atom is -0.351 e. The molecule has 0 saturated heterocycles. The van der Waals surface area contributed by atoms with Gasteiger partial charge >= 0.3 is 0 Å². The molecule has 0 fully saturated rings. The smallest absolute Gasteiger partial charge is 0.238 e. The third-order valence-corrected chi connectivity index (χ3v) is 4.27. The van der Waals surface area contributed by atoms with Gasteiger partial charge in [-0.3, -0.25) is 4.79 Å². The van der Waals surface area contributed by atoms with Gasteiger partial charge in [0.2, 0.25) is 5.91 Å². The summed E-state index contributed by atoms with van der Waals surface area (Å²) in [6, 6.07) is 7.30. The molecule has 3 N–H and O–H groups in total. The van der Waals surface area contributed by atoms with E-state index in [1.165, 1.54) is 6.92 Å². The number of hydrogen-bond donors (Lipinski definition) is 2. The van der Waals surface area contributed by atoms with Crippen LogP contribution < -0.4 is 11.1 Å². The summed E-state index contributed by atoms with van der Waals surface area (Å²) in [5.74, 6) is 5.14. The molecule has 108 valence electrons. The Morgan fingerprint density at radius 1 is 1.35 bits per heavy atom. The molecule has 0 heterocycles. The van der Waals surface area contributed by atoms with E-state index >= 15 is 0 Å². The molecule has 1 aromatic carbocycles. The Hall–Kier alpha value is -1.84. The zero-order valence-corrected chi connectivity index (χ0v) is 12.3. The van der Waals surface area contributed by atoms with E-state index in [0.717, 1.165) is 17.4 Å². The second-order valence-electron chi connectivity index (χ2n) is 4.39. The van der Waals surface area contributed by atoms with Gasteiger partial charge in [0.05, 0.1) is 6.54 Å². The fourth-order valence-corrected chi connectivity index (χ4v) is 1.86. The van der Waals surface area contributed by atoms with E-state index in [2.05, 4.69) is 17.2 Å². The minimum absolute atomic E-state index is 0.281. The molecular weight excluding hydrogens is 276 g/mol. The van der Waals surface area contributed by atoms with Crippen molar-refractivity contribution >= 4 is 15.7 Å². The monoisotopic (exact) mass is 294 g/mol. The number of nitrogens with two attached hydrogens (primary N) is 1. The number of carbonyl (C=O) groups is 1. The molecule has 5 nitrogen and oxygen atoms in total. The van der Waals surface area contributed by atoms with Crippen molar-refractivity contribution in [1.29, 1.82) is 0 Å². The second-order valence-corrected chi connectivity index (χ2v) is 6.76. The quantitative estimate of drug-likeness (QED) is 0.768. The van der Waals surface area contributed by atoms with Gasteiger partial charge in [-0.05, 0) is 24.6 Å². The van der Waals surface area contributed by atoms with Crippen LogP contribution in [0.5, 0.6) is 0 Å². The molecule has 1 aromatic rings. The van der Waals surface area contributed by atoms with Crippen LogP contribution in [-0.2, 0) is 21.2 Å². The second kappa shape index (κ2) is 7.08. The molecule has 0 spiro atoms.